The van der Waals surface area contributed by atoms with Gasteiger partial charge >= 0.3 is 0 Å². The first-order valence-corrected chi connectivity index (χ1v) is 5.63. The number of aliphatic hydroxyl groups is 1. The molecular formula is C11H26N2O. The smallest absolute Gasteiger partial charge is 0.0601 e. The van der Waals surface area contributed by atoms with Gasteiger partial charge < -0.3 is 10.8 Å². The van der Waals surface area contributed by atoms with E-state index in [1.54, 1.807) is 0 Å². The van der Waals surface area contributed by atoms with Crippen LogP contribution in [0.25, 0.3) is 0 Å². The molecule has 0 radical (unpaired) electrons. The quantitative estimate of drug-likeness (QED) is 0.649. The van der Waals surface area contributed by atoms with E-state index in [0.717, 1.165) is 13.0 Å². The van der Waals surface area contributed by atoms with Crippen LogP contribution in [-0.4, -0.2) is 42.3 Å². The van der Waals surface area contributed by atoms with Crippen molar-refractivity contribution in [3.05, 3.63) is 0 Å². The van der Waals surface area contributed by atoms with Crippen LogP contribution in [0.5, 0.6) is 0 Å². The van der Waals surface area contributed by atoms with Crippen LogP contribution >= 0.6 is 0 Å². The van der Waals surface area contributed by atoms with Crippen molar-refractivity contribution in [3.8, 4) is 0 Å². The molecule has 0 saturated carbocycles. The second-order valence-corrected chi connectivity index (χ2v) is 4.28. The van der Waals surface area contributed by atoms with Gasteiger partial charge in [-0.1, -0.05) is 27.2 Å². The third-order valence-corrected chi connectivity index (χ3v) is 3.02. The average Bonchev–Trinajstić information content (AvgIpc) is 2.18. The molecule has 0 aliphatic heterocycles. The van der Waals surface area contributed by atoms with E-state index in [1.807, 2.05) is 7.05 Å². The van der Waals surface area contributed by atoms with Gasteiger partial charge in [-0.15, -0.1) is 0 Å². The SMILES string of the molecule is CCC(C)CN(C)C(CO)C(N)CC. The predicted octanol–water partition coefficient (Wildman–Crippen LogP) is 1.06. The number of rotatable bonds is 7. The number of hydrogen-bond acceptors (Lipinski definition) is 3. The fraction of sp³-hybridized carbons (Fsp3) is 1.00. The van der Waals surface area contributed by atoms with Gasteiger partial charge in [0.05, 0.1) is 6.61 Å². The van der Waals surface area contributed by atoms with Crippen molar-refractivity contribution in [3.63, 3.8) is 0 Å². The summed E-state index contributed by atoms with van der Waals surface area (Å²) in [5.41, 5.74) is 5.94. The van der Waals surface area contributed by atoms with Crippen molar-refractivity contribution < 1.29 is 5.11 Å². The second kappa shape index (κ2) is 7.21. The number of nitrogens with zero attached hydrogens (tertiary/aromatic N) is 1. The van der Waals surface area contributed by atoms with E-state index in [9.17, 15) is 5.11 Å². The highest BCUT2D eigenvalue weighted by Gasteiger charge is 2.20. The van der Waals surface area contributed by atoms with Crippen LogP contribution in [0.4, 0.5) is 0 Å². The lowest BCUT2D eigenvalue weighted by Crippen LogP contribution is -2.49. The molecule has 0 bridgehead atoms. The Bertz CT molecular complexity index is 141. The third kappa shape index (κ3) is 4.40. The molecule has 0 aromatic carbocycles. The molecule has 3 atom stereocenters. The van der Waals surface area contributed by atoms with Gasteiger partial charge in [-0.05, 0) is 19.4 Å². The van der Waals surface area contributed by atoms with E-state index in [2.05, 4.69) is 25.7 Å². The summed E-state index contributed by atoms with van der Waals surface area (Å²) in [4.78, 5) is 2.18. The van der Waals surface area contributed by atoms with Crippen molar-refractivity contribution >= 4 is 0 Å². The number of likely N-dealkylation sites (N-methyl/N-ethyl adjacent to an activating group) is 1. The lowest BCUT2D eigenvalue weighted by Gasteiger charge is -2.32. The maximum absolute atomic E-state index is 9.26. The summed E-state index contributed by atoms with van der Waals surface area (Å²) in [6.07, 6.45) is 2.08. The maximum atomic E-state index is 9.26. The molecule has 0 saturated heterocycles. The Morgan fingerprint density at radius 2 is 1.86 bits per heavy atom. The zero-order valence-corrected chi connectivity index (χ0v) is 10.0. The fourth-order valence-electron chi connectivity index (χ4n) is 1.63. The molecule has 0 spiro atoms. The first-order valence-electron chi connectivity index (χ1n) is 5.63. The van der Waals surface area contributed by atoms with Gasteiger partial charge in [0, 0.05) is 18.6 Å². The topological polar surface area (TPSA) is 49.5 Å². The van der Waals surface area contributed by atoms with Crippen LogP contribution in [0.15, 0.2) is 0 Å². The molecule has 0 heterocycles. The first kappa shape index (κ1) is 13.9. The summed E-state index contributed by atoms with van der Waals surface area (Å²) >= 11 is 0. The van der Waals surface area contributed by atoms with Gasteiger partial charge in [0.15, 0.2) is 0 Å². The van der Waals surface area contributed by atoms with Gasteiger partial charge in [0.25, 0.3) is 0 Å². The third-order valence-electron chi connectivity index (χ3n) is 3.02. The largest absolute Gasteiger partial charge is 0.395 e. The van der Waals surface area contributed by atoms with Gasteiger partial charge in [-0.3, -0.25) is 4.90 Å². The van der Waals surface area contributed by atoms with Crippen LogP contribution in [0, 0.1) is 5.92 Å². The zero-order chi connectivity index (χ0) is 11.1. The normalized spacial score (nSPS) is 18.2. The molecule has 3 heteroatoms. The molecule has 3 unspecified atom stereocenters. The lowest BCUT2D eigenvalue weighted by molar-refractivity contribution is 0.112. The van der Waals surface area contributed by atoms with E-state index in [1.165, 1.54) is 6.42 Å². The van der Waals surface area contributed by atoms with Gasteiger partial charge in [-0.2, -0.15) is 0 Å². The van der Waals surface area contributed by atoms with E-state index in [-0.39, 0.29) is 18.7 Å². The highest BCUT2D eigenvalue weighted by atomic mass is 16.3. The summed E-state index contributed by atoms with van der Waals surface area (Å²) in [7, 11) is 2.04. The van der Waals surface area contributed by atoms with Crippen LogP contribution in [0.3, 0.4) is 0 Å². The highest BCUT2D eigenvalue weighted by molar-refractivity contribution is 4.79. The van der Waals surface area contributed by atoms with Crippen LogP contribution in [0.2, 0.25) is 0 Å². The van der Waals surface area contributed by atoms with Gasteiger partial charge in [0.2, 0.25) is 0 Å². The van der Waals surface area contributed by atoms with E-state index >= 15 is 0 Å². The van der Waals surface area contributed by atoms with E-state index in [4.69, 9.17) is 5.73 Å². The average molecular weight is 202 g/mol. The van der Waals surface area contributed by atoms with Crippen molar-refractivity contribution in [1.82, 2.24) is 4.90 Å². The van der Waals surface area contributed by atoms with Gasteiger partial charge in [-0.25, -0.2) is 0 Å². The minimum absolute atomic E-state index is 0.0778. The molecule has 14 heavy (non-hydrogen) atoms. The summed E-state index contributed by atoms with van der Waals surface area (Å²) in [6.45, 7) is 7.64. The molecule has 3 N–H and O–H groups in total. The first-order chi connectivity index (χ1) is 6.56. The molecule has 0 aliphatic rings. The summed E-state index contributed by atoms with van der Waals surface area (Å²) in [5, 5.41) is 9.26. The standard InChI is InChI=1S/C11H26N2O/c1-5-9(3)7-13(4)11(8-14)10(12)6-2/h9-11,14H,5-8,12H2,1-4H3. The monoisotopic (exact) mass is 202 g/mol. The summed E-state index contributed by atoms with van der Waals surface area (Å²) < 4.78 is 0. The second-order valence-electron chi connectivity index (χ2n) is 4.28. The van der Waals surface area contributed by atoms with Gasteiger partial charge in [0.1, 0.15) is 0 Å². The molecule has 0 aromatic rings. The Balaban J connectivity index is 4.09. The molecular weight excluding hydrogens is 176 g/mol. The molecule has 0 fully saturated rings. The van der Waals surface area contributed by atoms with Crippen LogP contribution in [0.1, 0.15) is 33.6 Å². The maximum Gasteiger partial charge on any atom is 0.0601 e. The minimum Gasteiger partial charge on any atom is -0.395 e. The fourth-order valence-corrected chi connectivity index (χ4v) is 1.63. The molecule has 0 amide bonds. The minimum atomic E-state index is 0.0778. The summed E-state index contributed by atoms with van der Waals surface area (Å²) in [5.74, 6) is 0.665. The summed E-state index contributed by atoms with van der Waals surface area (Å²) in [6, 6.07) is 0.183. The molecule has 3 nitrogen and oxygen atoms in total. The predicted molar refractivity (Wildman–Crippen MR) is 61.2 cm³/mol. The van der Waals surface area contributed by atoms with Crippen molar-refractivity contribution in [1.29, 1.82) is 0 Å². The van der Waals surface area contributed by atoms with Crippen LogP contribution < -0.4 is 5.73 Å². The van der Waals surface area contributed by atoms with Crippen molar-refractivity contribution in [2.75, 3.05) is 20.2 Å². The molecule has 0 rings (SSSR count). The lowest BCUT2D eigenvalue weighted by atomic mass is 10.0. The number of aliphatic hydroxyl groups excluding tert-OH is 1. The molecule has 0 aliphatic carbocycles. The van der Waals surface area contributed by atoms with Crippen molar-refractivity contribution in [2.24, 2.45) is 11.7 Å². The Morgan fingerprint density at radius 1 is 1.29 bits per heavy atom. The molecule has 86 valence electrons. The number of hydrogen-bond donors (Lipinski definition) is 2. The van der Waals surface area contributed by atoms with Crippen molar-refractivity contribution in [2.45, 2.75) is 45.7 Å². The highest BCUT2D eigenvalue weighted by Crippen LogP contribution is 2.09. The Labute approximate surface area is 88.3 Å². The zero-order valence-electron chi connectivity index (χ0n) is 10.0. The van der Waals surface area contributed by atoms with Crippen LogP contribution in [-0.2, 0) is 0 Å². The molecule has 0 aromatic heterocycles. The van der Waals surface area contributed by atoms with E-state index in [0.29, 0.717) is 5.92 Å². The Kier molecular flexibility index (Phi) is 7.15. The Hall–Kier alpha value is -0.120. The Morgan fingerprint density at radius 3 is 2.21 bits per heavy atom. The van der Waals surface area contributed by atoms with E-state index < -0.39 is 0 Å². The number of nitrogens with two attached hydrogens (primary N) is 1.